The predicted molar refractivity (Wildman–Crippen MR) is 124 cm³/mol. The number of hydroxylamine groups is 2. The highest BCUT2D eigenvalue weighted by Gasteiger charge is 2.44. The normalized spacial score (nSPS) is 22.5. The molecule has 1 N–H and O–H groups in total. The maximum absolute atomic E-state index is 13.4. The smallest absolute Gasteiger partial charge is 0.410 e. The molecule has 2 aliphatic heterocycles. The third-order valence-corrected chi connectivity index (χ3v) is 8.47. The summed E-state index contributed by atoms with van der Waals surface area (Å²) in [6.07, 6.45) is 0.953. The Bertz CT molecular complexity index is 1000. The molecule has 1 aromatic carbocycles. The zero-order valence-electron chi connectivity index (χ0n) is 18.8. The summed E-state index contributed by atoms with van der Waals surface area (Å²) >= 11 is 12.6. The van der Waals surface area contributed by atoms with Crippen molar-refractivity contribution in [2.75, 3.05) is 18.8 Å². The van der Waals surface area contributed by atoms with Crippen LogP contribution in [-0.4, -0.2) is 76.9 Å². The number of hydrogen-bond acceptors (Lipinski definition) is 6. The second-order valence-corrected chi connectivity index (χ2v) is 12.1. The van der Waals surface area contributed by atoms with E-state index in [4.69, 9.17) is 27.9 Å². The van der Waals surface area contributed by atoms with E-state index in [1.165, 1.54) is 4.90 Å². The van der Waals surface area contributed by atoms with Gasteiger partial charge >= 0.3 is 6.09 Å². The minimum absolute atomic E-state index is 0.128. The quantitative estimate of drug-likeness (QED) is 0.202. The van der Waals surface area contributed by atoms with E-state index < -0.39 is 45.1 Å². The summed E-state index contributed by atoms with van der Waals surface area (Å²) in [6, 6.07) is 3.19. The fourth-order valence-electron chi connectivity index (χ4n) is 4.30. The average Bonchev–Trinajstić information content (AvgIpc) is 3.20. The number of benzene rings is 1. The molecule has 1 fully saturated rings. The first kappa shape index (κ1) is 26.0. The monoisotopic (exact) mass is 521 g/mol. The van der Waals surface area contributed by atoms with Crippen LogP contribution in [0.25, 0.3) is 0 Å². The molecule has 0 saturated carbocycles. The molecule has 3 unspecified atom stereocenters. The van der Waals surface area contributed by atoms with Crippen molar-refractivity contribution in [2.45, 2.75) is 63.2 Å². The maximum Gasteiger partial charge on any atom is 0.410 e. The Kier molecular flexibility index (Phi) is 7.85. The third-order valence-electron chi connectivity index (χ3n) is 5.77. The molecule has 33 heavy (non-hydrogen) atoms. The highest BCUT2D eigenvalue weighted by Crippen LogP contribution is 2.37. The number of amides is 2. The van der Waals surface area contributed by atoms with E-state index >= 15 is 0 Å². The van der Waals surface area contributed by atoms with Crippen LogP contribution in [0.5, 0.6) is 0 Å². The fourth-order valence-corrected chi connectivity index (χ4v) is 6.93. The minimum Gasteiger partial charge on any atom is -0.444 e. The summed E-state index contributed by atoms with van der Waals surface area (Å²) in [4.78, 5) is 25.5. The van der Waals surface area contributed by atoms with Crippen molar-refractivity contribution < 1.29 is 28.0 Å². The van der Waals surface area contributed by atoms with Gasteiger partial charge in [0, 0.05) is 18.1 Å². The minimum atomic E-state index is -4.03. The number of alkyl halides is 1. The number of nitrogens with zero attached hydrogens (tertiary/aromatic N) is 3. The van der Waals surface area contributed by atoms with E-state index in [2.05, 4.69) is 0 Å². The lowest BCUT2D eigenvalue weighted by Crippen LogP contribution is -2.55. The second kappa shape index (κ2) is 9.95. The first-order chi connectivity index (χ1) is 15.3. The van der Waals surface area contributed by atoms with E-state index in [1.807, 2.05) is 0 Å². The van der Waals surface area contributed by atoms with Crippen molar-refractivity contribution in [3.63, 3.8) is 0 Å². The topological polar surface area (TPSA) is 107 Å². The summed E-state index contributed by atoms with van der Waals surface area (Å²) in [5.74, 6) is -0.599. The van der Waals surface area contributed by atoms with Gasteiger partial charge in [-0.25, -0.2) is 18.3 Å². The number of carbonyl (C=O) groups excluding carboxylic acids is 2. The lowest BCUT2D eigenvalue weighted by atomic mass is 10.0. The molecule has 0 aliphatic carbocycles. The summed E-state index contributed by atoms with van der Waals surface area (Å²) in [5, 5.41) is 11.1. The average molecular weight is 522 g/mol. The molecule has 184 valence electrons. The van der Waals surface area contributed by atoms with Gasteiger partial charge in [-0.05, 0) is 63.3 Å². The van der Waals surface area contributed by atoms with Gasteiger partial charge in [-0.15, -0.1) is 0 Å². The number of likely N-dealkylation sites (tertiary alicyclic amines) is 1. The maximum atomic E-state index is 13.4. The van der Waals surface area contributed by atoms with Crippen LogP contribution in [0.3, 0.4) is 0 Å². The molecule has 0 aromatic heterocycles. The van der Waals surface area contributed by atoms with E-state index in [0.717, 1.165) is 9.87 Å². The van der Waals surface area contributed by atoms with Gasteiger partial charge in [-0.3, -0.25) is 10.0 Å². The van der Waals surface area contributed by atoms with E-state index in [-0.39, 0.29) is 13.0 Å². The Morgan fingerprint density at radius 3 is 2.70 bits per heavy atom. The van der Waals surface area contributed by atoms with Crippen LogP contribution in [0.4, 0.5) is 4.79 Å². The molecule has 12 heteroatoms. The molecule has 1 aromatic rings. The Hall–Kier alpha value is -1.59. The predicted octanol–water partition coefficient (Wildman–Crippen LogP) is 3.38. The molecular formula is C21H29Cl2N3O6S. The van der Waals surface area contributed by atoms with Crippen molar-refractivity contribution in [2.24, 2.45) is 0 Å². The van der Waals surface area contributed by atoms with Gasteiger partial charge in [0.25, 0.3) is 0 Å². The van der Waals surface area contributed by atoms with E-state index in [0.29, 0.717) is 41.5 Å². The molecule has 2 aliphatic rings. The number of hydrogen-bond donors (Lipinski definition) is 1. The largest absolute Gasteiger partial charge is 0.444 e. The first-order valence-electron chi connectivity index (χ1n) is 10.7. The third kappa shape index (κ3) is 5.92. The molecular weight excluding hydrogens is 493 g/mol. The Morgan fingerprint density at radius 2 is 2.06 bits per heavy atom. The lowest BCUT2D eigenvalue weighted by molar-refractivity contribution is -0.163. The molecule has 2 amide bonds. The Balaban J connectivity index is 1.84. The molecule has 0 radical (unpaired) electrons. The van der Waals surface area contributed by atoms with E-state index in [9.17, 15) is 23.2 Å². The fraction of sp³-hybridized carbons (Fsp3) is 0.619. The SMILES string of the molecule is CC(C)(C)OC(=O)N1CCCC1C(CS(=O)(=O)N1CCc2cc(Cl)ccc2C1Cl)N(O)C=O. The van der Waals surface area contributed by atoms with Crippen molar-refractivity contribution >= 4 is 45.7 Å². The van der Waals surface area contributed by atoms with Gasteiger partial charge in [0.15, 0.2) is 0 Å². The highest BCUT2D eigenvalue weighted by molar-refractivity contribution is 7.89. The standard InChI is InChI=1S/C21H29Cl2N3O6S/c1-21(2,3)32-20(28)24-9-4-5-17(24)18(25(29)13-27)12-33(30,31)26-10-8-14-11-15(22)6-7-16(14)19(26)23/h6-7,11,13,17-19,29H,4-5,8-10,12H2,1-3H3. The molecule has 0 spiro atoms. The number of fused-ring (bicyclic) bond motifs is 1. The van der Waals surface area contributed by atoms with Crippen LogP contribution >= 0.6 is 23.2 Å². The van der Waals surface area contributed by atoms with Crippen LogP contribution in [0, 0.1) is 0 Å². The summed E-state index contributed by atoms with van der Waals surface area (Å²) in [7, 11) is -4.03. The van der Waals surface area contributed by atoms with Crippen molar-refractivity contribution in [3.8, 4) is 0 Å². The summed E-state index contributed by atoms with van der Waals surface area (Å²) < 4.78 is 33.4. The number of rotatable bonds is 6. The number of carbonyl (C=O) groups is 2. The summed E-state index contributed by atoms with van der Waals surface area (Å²) in [6.45, 7) is 5.64. The van der Waals surface area contributed by atoms with Gasteiger partial charge in [0.1, 0.15) is 11.1 Å². The zero-order valence-corrected chi connectivity index (χ0v) is 21.1. The van der Waals surface area contributed by atoms with E-state index in [1.54, 1.807) is 39.0 Å². The Labute approximate surface area is 204 Å². The van der Waals surface area contributed by atoms with Gasteiger partial charge < -0.3 is 9.64 Å². The highest BCUT2D eigenvalue weighted by atomic mass is 35.5. The van der Waals surface area contributed by atoms with Gasteiger partial charge in [0.05, 0.1) is 17.8 Å². The lowest BCUT2D eigenvalue weighted by Gasteiger charge is -2.37. The van der Waals surface area contributed by atoms with Crippen molar-refractivity contribution in [3.05, 3.63) is 34.3 Å². The number of ether oxygens (including phenoxy) is 1. The molecule has 3 rings (SSSR count). The Morgan fingerprint density at radius 1 is 1.36 bits per heavy atom. The van der Waals surface area contributed by atoms with Gasteiger partial charge in [0.2, 0.25) is 16.4 Å². The number of sulfonamides is 1. The molecule has 1 saturated heterocycles. The van der Waals surface area contributed by atoms with Gasteiger partial charge in [-0.2, -0.15) is 4.31 Å². The van der Waals surface area contributed by atoms with Crippen LogP contribution in [-0.2, 0) is 26.0 Å². The van der Waals surface area contributed by atoms with Crippen LogP contribution < -0.4 is 0 Å². The van der Waals surface area contributed by atoms with Crippen LogP contribution in [0.1, 0.15) is 50.2 Å². The first-order valence-corrected chi connectivity index (χ1v) is 13.1. The number of halogens is 2. The van der Waals surface area contributed by atoms with Crippen molar-refractivity contribution in [1.29, 1.82) is 0 Å². The zero-order chi connectivity index (χ0) is 24.6. The van der Waals surface area contributed by atoms with Crippen molar-refractivity contribution in [1.82, 2.24) is 14.3 Å². The molecule has 3 atom stereocenters. The molecule has 2 heterocycles. The molecule has 9 nitrogen and oxygen atoms in total. The second-order valence-electron chi connectivity index (χ2n) is 9.25. The summed E-state index contributed by atoms with van der Waals surface area (Å²) in [5.41, 5.74) is -0.190. The molecule has 0 bridgehead atoms. The van der Waals surface area contributed by atoms with Gasteiger partial charge in [-0.1, -0.05) is 29.3 Å². The van der Waals surface area contributed by atoms with Crippen LogP contribution in [0.15, 0.2) is 18.2 Å². The van der Waals surface area contributed by atoms with Crippen LogP contribution in [0.2, 0.25) is 5.02 Å².